The van der Waals surface area contributed by atoms with Gasteiger partial charge >= 0.3 is 0 Å². The highest BCUT2D eigenvalue weighted by atomic mass is 35.5. The second kappa shape index (κ2) is 8.84. The number of hydrogen-bond donors (Lipinski definition) is 2. The average Bonchev–Trinajstić information content (AvgIpc) is 2.60. The molecule has 0 fully saturated rings. The zero-order valence-corrected chi connectivity index (χ0v) is 15.3. The zero-order chi connectivity index (χ0) is 17.8. The maximum atomic E-state index is 14.0. The number of benzene rings is 2. The number of hydrogen-bond acceptors (Lipinski definition) is 6. The summed E-state index contributed by atoms with van der Waals surface area (Å²) in [7, 11) is 1.60. The zero-order valence-electron chi connectivity index (χ0n) is 13.7. The molecule has 0 spiro atoms. The van der Waals surface area contributed by atoms with Crippen molar-refractivity contribution in [3.8, 4) is 11.5 Å². The van der Waals surface area contributed by atoms with E-state index < -0.39 is 5.82 Å². The van der Waals surface area contributed by atoms with Crippen molar-refractivity contribution >= 4 is 46.4 Å². The van der Waals surface area contributed by atoms with E-state index in [-0.39, 0.29) is 28.9 Å². The third-order valence-electron chi connectivity index (χ3n) is 3.45. The van der Waals surface area contributed by atoms with Gasteiger partial charge in [-0.3, -0.25) is 0 Å². The van der Waals surface area contributed by atoms with Crippen LogP contribution in [0.5, 0.6) is 11.5 Å². The summed E-state index contributed by atoms with van der Waals surface area (Å²) in [6.07, 6.45) is 1.36. The third-order valence-corrected chi connectivity index (χ3v) is 3.76. The number of anilines is 2. The minimum Gasteiger partial charge on any atom is -0.506 e. The Morgan fingerprint density at radius 2 is 2.00 bits per heavy atom. The summed E-state index contributed by atoms with van der Waals surface area (Å²) in [4.78, 5) is 8.34. The number of fused-ring (bicyclic) bond motifs is 1. The monoisotopic (exact) mass is 399 g/mol. The van der Waals surface area contributed by atoms with E-state index in [1.165, 1.54) is 12.4 Å². The average molecular weight is 400 g/mol. The highest BCUT2D eigenvalue weighted by Gasteiger charge is 2.11. The van der Waals surface area contributed by atoms with Crippen LogP contribution in [0.4, 0.5) is 15.9 Å². The van der Waals surface area contributed by atoms with E-state index in [0.29, 0.717) is 35.7 Å². The van der Waals surface area contributed by atoms with Crippen molar-refractivity contribution < 1.29 is 19.0 Å². The standard InChI is InChI=1S/C17H15ClFN3O3.ClH/c1-24-4-5-25-10-2-3-11-14(6-10)20-9-21-17(11)22-15-8-16(23)12(18)7-13(15)19;/h2-3,6-9,23H,4-5H2,1H3,(H,20,21,22);1H. The predicted octanol–water partition coefficient (Wildman–Crippen LogP) is 4.32. The van der Waals surface area contributed by atoms with Gasteiger partial charge in [0.2, 0.25) is 0 Å². The van der Waals surface area contributed by atoms with Crippen LogP contribution in [0.15, 0.2) is 36.7 Å². The quantitative estimate of drug-likeness (QED) is 0.601. The van der Waals surface area contributed by atoms with Gasteiger partial charge in [0.15, 0.2) is 0 Å². The van der Waals surface area contributed by atoms with Gasteiger partial charge in [0.05, 0.1) is 22.8 Å². The molecule has 138 valence electrons. The lowest BCUT2D eigenvalue weighted by atomic mass is 10.2. The Hall–Kier alpha value is -2.35. The summed E-state index contributed by atoms with van der Waals surface area (Å²) in [6, 6.07) is 7.53. The Kier molecular flexibility index (Phi) is 6.79. The number of aromatic nitrogens is 2. The molecule has 0 saturated heterocycles. The molecule has 0 aliphatic carbocycles. The van der Waals surface area contributed by atoms with Gasteiger partial charge in [-0.1, -0.05) is 11.6 Å². The number of halogens is 3. The van der Waals surface area contributed by atoms with Gasteiger partial charge in [0.1, 0.15) is 36.1 Å². The molecule has 0 atom stereocenters. The summed E-state index contributed by atoms with van der Waals surface area (Å²) in [6.45, 7) is 0.904. The fraction of sp³-hybridized carbons (Fsp3) is 0.176. The first kappa shape index (κ1) is 20.0. The predicted molar refractivity (Wildman–Crippen MR) is 101 cm³/mol. The summed E-state index contributed by atoms with van der Waals surface area (Å²) in [5, 5.41) is 13.1. The Balaban J connectivity index is 0.00000243. The molecule has 0 unspecified atom stereocenters. The number of nitrogens with zero attached hydrogens (tertiary/aromatic N) is 2. The van der Waals surface area contributed by atoms with E-state index in [1.54, 1.807) is 25.3 Å². The first-order valence-electron chi connectivity index (χ1n) is 7.40. The van der Waals surface area contributed by atoms with Crippen LogP contribution >= 0.6 is 24.0 Å². The molecule has 3 aromatic rings. The van der Waals surface area contributed by atoms with E-state index in [9.17, 15) is 9.50 Å². The van der Waals surface area contributed by atoms with Crippen LogP contribution in [0, 0.1) is 5.82 Å². The third kappa shape index (κ3) is 4.43. The van der Waals surface area contributed by atoms with Crippen molar-refractivity contribution in [2.75, 3.05) is 25.6 Å². The first-order valence-corrected chi connectivity index (χ1v) is 7.78. The molecule has 9 heteroatoms. The SMILES string of the molecule is COCCOc1ccc2c(Nc3cc(O)c(Cl)cc3F)ncnc2c1.Cl. The molecule has 1 aromatic heterocycles. The highest BCUT2D eigenvalue weighted by molar-refractivity contribution is 6.32. The second-order valence-electron chi connectivity index (χ2n) is 5.15. The first-order chi connectivity index (χ1) is 12.1. The molecule has 0 amide bonds. The molecule has 0 aliphatic rings. The van der Waals surface area contributed by atoms with Gasteiger partial charge in [0.25, 0.3) is 0 Å². The van der Waals surface area contributed by atoms with Crippen molar-refractivity contribution in [3.05, 3.63) is 47.5 Å². The fourth-order valence-corrected chi connectivity index (χ4v) is 2.38. The van der Waals surface area contributed by atoms with Gasteiger partial charge in [0, 0.05) is 24.6 Å². The smallest absolute Gasteiger partial charge is 0.148 e. The molecule has 0 bridgehead atoms. The van der Waals surface area contributed by atoms with Gasteiger partial charge in [-0.05, 0) is 18.2 Å². The van der Waals surface area contributed by atoms with E-state index in [2.05, 4.69) is 15.3 Å². The van der Waals surface area contributed by atoms with Gasteiger partial charge in [-0.15, -0.1) is 12.4 Å². The molecular weight excluding hydrogens is 384 g/mol. The Morgan fingerprint density at radius 1 is 1.19 bits per heavy atom. The lowest BCUT2D eigenvalue weighted by Crippen LogP contribution is -2.04. The number of phenolic OH excluding ortho intramolecular Hbond substituents is 1. The molecule has 2 N–H and O–H groups in total. The number of methoxy groups -OCH3 is 1. The normalized spacial score (nSPS) is 10.4. The lowest BCUT2D eigenvalue weighted by Gasteiger charge is -2.11. The summed E-state index contributed by atoms with van der Waals surface area (Å²) >= 11 is 5.69. The van der Waals surface area contributed by atoms with Crippen LogP contribution in [0.25, 0.3) is 10.9 Å². The number of aromatic hydroxyl groups is 1. The van der Waals surface area contributed by atoms with Crippen LogP contribution in [0.1, 0.15) is 0 Å². The molecule has 2 aromatic carbocycles. The van der Waals surface area contributed by atoms with Crippen molar-refractivity contribution in [1.82, 2.24) is 9.97 Å². The van der Waals surface area contributed by atoms with E-state index >= 15 is 0 Å². The maximum Gasteiger partial charge on any atom is 0.148 e. The van der Waals surface area contributed by atoms with E-state index in [1.807, 2.05) is 0 Å². The van der Waals surface area contributed by atoms with Crippen LogP contribution in [-0.4, -0.2) is 35.4 Å². The topological polar surface area (TPSA) is 76.5 Å². The molecular formula is C17H16Cl2FN3O3. The molecule has 0 radical (unpaired) electrons. The van der Waals surface area contributed by atoms with Crippen molar-refractivity contribution in [2.24, 2.45) is 0 Å². The van der Waals surface area contributed by atoms with Crippen LogP contribution in [-0.2, 0) is 4.74 Å². The molecule has 0 aliphatic heterocycles. The summed E-state index contributed by atoms with van der Waals surface area (Å²) < 4.78 is 24.5. The minimum atomic E-state index is -0.603. The van der Waals surface area contributed by atoms with Crippen LogP contribution < -0.4 is 10.1 Å². The number of phenols is 1. The van der Waals surface area contributed by atoms with E-state index in [4.69, 9.17) is 21.1 Å². The van der Waals surface area contributed by atoms with Crippen LogP contribution in [0.3, 0.4) is 0 Å². The Bertz CT molecular complexity index is 912. The van der Waals surface area contributed by atoms with Crippen LogP contribution in [0.2, 0.25) is 5.02 Å². The van der Waals surface area contributed by atoms with Crippen molar-refractivity contribution in [1.29, 1.82) is 0 Å². The van der Waals surface area contributed by atoms with Gasteiger partial charge in [-0.2, -0.15) is 0 Å². The molecule has 6 nitrogen and oxygen atoms in total. The summed E-state index contributed by atoms with van der Waals surface area (Å²) in [5.41, 5.74) is 0.688. The minimum absolute atomic E-state index is 0. The fourth-order valence-electron chi connectivity index (χ4n) is 2.23. The van der Waals surface area contributed by atoms with Crippen molar-refractivity contribution in [2.45, 2.75) is 0 Å². The molecule has 0 saturated carbocycles. The number of nitrogens with one attached hydrogen (secondary N) is 1. The number of rotatable bonds is 6. The number of ether oxygens (including phenoxy) is 2. The lowest BCUT2D eigenvalue weighted by molar-refractivity contribution is 0.146. The van der Waals surface area contributed by atoms with Gasteiger partial charge < -0.3 is 19.9 Å². The summed E-state index contributed by atoms with van der Waals surface area (Å²) in [5.74, 6) is 0.213. The maximum absolute atomic E-state index is 14.0. The molecule has 3 rings (SSSR count). The Morgan fingerprint density at radius 3 is 2.77 bits per heavy atom. The van der Waals surface area contributed by atoms with E-state index in [0.717, 1.165) is 6.07 Å². The second-order valence-corrected chi connectivity index (χ2v) is 5.56. The molecule has 26 heavy (non-hydrogen) atoms. The largest absolute Gasteiger partial charge is 0.506 e. The molecule has 1 heterocycles. The highest BCUT2D eigenvalue weighted by Crippen LogP contribution is 2.32. The van der Waals surface area contributed by atoms with Crippen molar-refractivity contribution in [3.63, 3.8) is 0 Å². The van der Waals surface area contributed by atoms with Gasteiger partial charge in [-0.25, -0.2) is 14.4 Å². The Labute approximate surface area is 160 Å².